The molecule has 0 amide bonds. The van der Waals surface area contributed by atoms with Gasteiger partial charge in [0.2, 0.25) is 0 Å². The number of guanidine groups is 2. The molecule has 0 atom stereocenters. The summed E-state index contributed by atoms with van der Waals surface area (Å²) in [5, 5.41) is 21.1. The number of hydrogen-bond donors (Lipinski definition) is 4. The predicted molar refractivity (Wildman–Crippen MR) is 82.4 cm³/mol. The highest BCUT2D eigenvalue weighted by molar-refractivity contribution is 5.95. The van der Waals surface area contributed by atoms with E-state index < -0.39 is 5.92 Å². The molecule has 1 aliphatic rings. The fraction of sp³-hybridized carbons (Fsp3) is 0.467. The number of alkyl halides is 2. The third-order valence-electron chi connectivity index (χ3n) is 3.61. The van der Waals surface area contributed by atoms with Gasteiger partial charge in [0.15, 0.2) is 11.9 Å². The average molecular weight is 309 g/mol. The van der Waals surface area contributed by atoms with Gasteiger partial charge in [-0.25, -0.2) is 8.78 Å². The molecule has 0 bridgehead atoms. The van der Waals surface area contributed by atoms with E-state index in [1.54, 1.807) is 0 Å². The van der Waals surface area contributed by atoms with E-state index in [-0.39, 0.29) is 37.9 Å². The van der Waals surface area contributed by atoms with Crippen molar-refractivity contribution in [2.75, 3.05) is 13.1 Å². The summed E-state index contributed by atoms with van der Waals surface area (Å²) < 4.78 is 26.1. The summed E-state index contributed by atoms with van der Waals surface area (Å²) in [5.41, 5.74) is 2.18. The van der Waals surface area contributed by atoms with Gasteiger partial charge >= 0.3 is 0 Å². The van der Waals surface area contributed by atoms with Crippen molar-refractivity contribution in [2.45, 2.75) is 32.2 Å². The van der Waals surface area contributed by atoms with Crippen molar-refractivity contribution in [2.24, 2.45) is 0 Å². The first-order valence-electron chi connectivity index (χ1n) is 7.22. The van der Waals surface area contributed by atoms with Crippen LogP contribution in [0.4, 0.5) is 8.78 Å². The van der Waals surface area contributed by atoms with Crippen LogP contribution in [0.1, 0.15) is 24.0 Å². The monoisotopic (exact) mass is 309 g/mol. The van der Waals surface area contributed by atoms with Gasteiger partial charge in [-0.05, 0) is 12.5 Å². The second-order valence-corrected chi connectivity index (χ2v) is 5.53. The Hall–Kier alpha value is -2.18. The van der Waals surface area contributed by atoms with Crippen LogP contribution in [0.3, 0.4) is 0 Å². The molecule has 7 heteroatoms. The highest BCUT2D eigenvalue weighted by atomic mass is 19.3. The van der Waals surface area contributed by atoms with Gasteiger partial charge < -0.3 is 10.2 Å². The van der Waals surface area contributed by atoms with Crippen molar-refractivity contribution in [3.63, 3.8) is 0 Å². The quantitative estimate of drug-likeness (QED) is 0.500. The van der Waals surface area contributed by atoms with Crippen LogP contribution in [-0.2, 0) is 6.54 Å². The Labute approximate surface area is 128 Å². The zero-order valence-electron chi connectivity index (χ0n) is 12.5. The van der Waals surface area contributed by atoms with E-state index in [9.17, 15) is 8.78 Å². The van der Waals surface area contributed by atoms with E-state index in [0.29, 0.717) is 6.54 Å². The highest BCUT2D eigenvalue weighted by Gasteiger charge is 2.34. The molecule has 2 rings (SSSR count). The van der Waals surface area contributed by atoms with Gasteiger partial charge in [-0.1, -0.05) is 29.8 Å². The number of rotatable bonds is 2. The van der Waals surface area contributed by atoms with Gasteiger partial charge in [0.05, 0.1) is 0 Å². The van der Waals surface area contributed by atoms with Gasteiger partial charge in [0, 0.05) is 32.5 Å². The van der Waals surface area contributed by atoms with Crippen LogP contribution in [0.2, 0.25) is 0 Å². The summed E-state index contributed by atoms with van der Waals surface area (Å²) in [6, 6.07) is 7.90. The van der Waals surface area contributed by atoms with Gasteiger partial charge in [-0.2, -0.15) is 0 Å². The van der Waals surface area contributed by atoms with E-state index in [1.165, 1.54) is 4.90 Å². The molecule has 120 valence electrons. The number of benzene rings is 1. The number of hydrogen-bond acceptors (Lipinski definition) is 2. The number of halogens is 2. The molecular formula is C15H21F2N5. The molecule has 5 nitrogen and oxygen atoms in total. The maximum Gasteiger partial charge on any atom is 0.251 e. The lowest BCUT2D eigenvalue weighted by Crippen LogP contribution is -2.51. The Kier molecular flexibility index (Phi) is 4.95. The second kappa shape index (κ2) is 6.72. The first-order chi connectivity index (χ1) is 10.4. The minimum absolute atomic E-state index is 0.0103. The van der Waals surface area contributed by atoms with Crippen molar-refractivity contribution >= 4 is 11.9 Å². The lowest BCUT2D eigenvalue weighted by Gasteiger charge is -2.33. The molecule has 4 N–H and O–H groups in total. The summed E-state index contributed by atoms with van der Waals surface area (Å²) >= 11 is 0. The molecule has 1 aromatic carbocycles. The first kappa shape index (κ1) is 16.2. The topological polar surface area (TPSA) is 75.0 Å². The molecule has 0 radical (unpaired) electrons. The van der Waals surface area contributed by atoms with Gasteiger partial charge in [-0.3, -0.25) is 16.1 Å². The molecule has 22 heavy (non-hydrogen) atoms. The predicted octanol–water partition coefficient (Wildman–Crippen LogP) is 2.27. The first-order valence-corrected chi connectivity index (χ1v) is 7.22. The molecule has 1 fully saturated rings. The fourth-order valence-corrected chi connectivity index (χ4v) is 2.31. The number of nitrogens with zero attached hydrogens (tertiary/aromatic N) is 1. The van der Waals surface area contributed by atoms with E-state index in [4.69, 9.17) is 10.8 Å². The lowest BCUT2D eigenvalue weighted by atomic mass is 10.1. The number of likely N-dealkylation sites (tertiary alicyclic amines) is 1. The molecule has 0 spiro atoms. The smallest absolute Gasteiger partial charge is 0.251 e. The van der Waals surface area contributed by atoms with Crippen LogP contribution in [0.25, 0.3) is 0 Å². The summed E-state index contributed by atoms with van der Waals surface area (Å²) in [7, 11) is 0. The lowest BCUT2D eigenvalue weighted by molar-refractivity contribution is -0.0438. The van der Waals surface area contributed by atoms with Crippen LogP contribution in [0, 0.1) is 17.7 Å². The summed E-state index contributed by atoms with van der Waals surface area (Å²) in [6.07, 6.45) is -0.498. The Morgan fingerprint density at radius 2 is 1.95 bits per heavy atom. The maximum atomic E-state index is 13.1. The zero-order chi connectivity index (χ0) is 16.2. The van der Waals surface area contributed by atoms with Crippen molar-refractivity contribution in [1.29, 1.82) is 10.8 Å². The van der Waals surface area contributed by atoms with Gasteiger partial charge in [-0.15, -0.1) is 0 Å². The minimum atomic E-state index is -2.63. The summed E-state index contributed by atoms with van der Waals surface area (Å²) in [4.78, 5) is 1.53. The average Bonchev–Trinajstić information content (AvgIpc) is 2.45. The van der Waals surface area contributed by atoms with Crippen molar-refractivity contribution in [1.82, 2.24) is 15.5 Å². The van der Waals surface area contributed by atoms with Gasteiger partial charge in [0.25, 0.3) is 5.92 Å². The van der Waals surface area contributed by atoms with Crippen molar-refractivity contribution in [3.05, 3.63) is 35.4 Å². The highest BCUT2D eigenvalue weighted by Crippen LogP contribution is 2.27. The van der Waals surface area contributed by atoms with Crippen LogP contribution < -0.4 is 10.6 Å². The largest absolute Gasteiger partial charge is 0.352 e. The standard InChI is InChI=1S/C15H21F2N5/c1-11-3-2-4-12(9-11)10-20-13(18)21-14(19)22-7-5-15(16,17)6-8-22/h2-4,9H,5-8,10H2,1H3,(H4,18,19,20,21). The summed E-state index contributed by atoms with van der Waals surface area (Å²) in [5.74, 6) is -2.66. The molecule has 1 saturated heterocycles. The number of piperidine rings is 1. The van der Waals surface area contributed by atoms with Crippen molar-refractivity contribution < 1.29 is 8.78 Å². The third kappa shape index (κ3) is 4.68. The molecule has 0 aliphatic carbocycles. The minimum Gasteiger partial charge on any atom is -0.352 e. The van der Waals surface area contributed by atoms with Gasteiger partial charge in [0.1, 0.15) is 0 Å². The van der Waals surface area contributed by atoms with E-state index in [0.717, 1.165) is 11.1 Å². The molecule has 1 aromatic rings. The molecule has 0 aromatic heterocycles. The third-order valence-corrected chi connectivity index (χ3v) is 3.61. The molecule has 0 unspecified atom stereocenters. The van der Waals surface area contributed by atoms with E-state index in [2.05, 4.69) is 10.6 Å². The van der Waals surface area contributed by atoms with E-state index >= 15 is 0 Å². The van der Waals surface area contributed by atoms with Crippen LogP contribution in [0.15, 0.2) is 24.3 Å². The zero-order valence-corrected chi connectivity index (χ0v) is 12.5. The Balaban J connectivity index is 1.76. The fourth-order valence-electron chi connectivity index (χ4n) is 2.31. The summed E-state index contributed by atoms with van der Waals surface area (Å²) in [6.45, 7) is 2.72. The van der Waals surface area contributed by atoms with Crippen LogP contribution in [-0.4, -0.2) is 35.8 Å². The second-order valence-electron chi connectivity index (χ2n) is 5.53. The van der Waals surface area contributed by atoms with Crippen LogP contribution in [0.5, 0.6) is 0 Å². The Morgan fingerprint density at radius 3 is 2.59 bits per heavy atom. The normalized spacial score (nSPS) is 17.0. The van der Waals surface area contributed by atoms with E-state index in [1.807, 2.05) is 31.2 Å². The molecular weight excluding hydrogens is 288 g/mol. The SMILES string of the molecule is Cc1cccc(CNC(=N)NC(=N)N2CCC(F)(F)CC2)c1. The number of nitrogens with one attached hydrogen (secondary N) is 4. The Bertz CT molecular complexity index is 549. The van der Waals surface area contributed by atoms with Crippen molar-refractivity contribution in [3.8, 4) is 0 Å². The van der Waals surface area contributed by atoms with Crippen LogP contribution >= 0.6 is 0 Å². The number of aryl methyl sites for hydroxylation is 1. The molecule has 1 heterocycles. The molecule has 1 aliphatic heterocycles. The Morgan fingerprint density at radius 1 is 1.27 bits per heavy atom. The molecule has 0 saturated carbocycles. The maximum absolute atomic E-state index is 13.1.